The first kappa shape index (κ1) is 33.0. The molecule has 0 aromatic heterocycles. The topological polar surface area (TPSA) is 18.5 Å². The Balaban J connectivity index is 1.60. The van der Waals surface area contributed by atoms with Crippen LogP contribution >= 0.6 is 23.5 Å². The van der Waals surface area contributed by atoms with E-state index in [1.165, 1.54) is 114 Å². The summed E-state index contributed by atoms with van der Waals surface area (Å²) in [5.74, 6) is 7.12. The Labute approximate surface area is 253 Å². The second-order valence-corrected chi connectivity index (χ2v) is 13.3. The zero-order valence-corrected chi connectivity index (χ0v) is 27.2. The van der Waals surface area contributed by atoms with E-state index in [9.17, 15) is 0 Å². The van der Waals surface area contributed by atoms with E-state index >= 15 is 0 Å². The number of benzene rings is 3. The summed E-state index contributed by atoms with van der Waals surface area (Å²) in [5, 5.41) is 4.72. The minimum absolute atomic E-state index is 0.765. The molecule has 0 heterocycles. The highest BCUT2D eigenvalue weighted by Crippen LogP contribution is 2.43. The standard InChI is InChI=1S/C36H54O2S2/c1-4-7-9-15-25-39-27-17-13-23-37-35-31-19-11-12-20-32(31)36(34-29-30(6-3)21-22-33(34)35)38-24-14-18-28-40-26-16-10-8-5-2/h11-12,19-22,29H,4-10,13-18,23-28H2,1-3H3. The van der Waals surface area contributed by atoms with Gasteiger partial charge in [-0.1, -0.05) is 95.7 Å². The molecule has 0 amide bonds. The summed E-state index contributed by atoms with van der Waals surface area (Å²) in [5.41, 5.74) is 1.34. The Morgan fingerprint density at radius 3 is 1.48 bits per heavy atom. The summed E-state index contributed by atoms with van der Waals surface area (Å²) in [7, 11) is 0. The molecule has 2 nitrogen and oxygen atoms in total. The van der Waals surface area contributed by atoms with Crippen LogP contribution in [0, 0.1) is 0 Å². The minimum Gasteiger partial charge on any atom is -0.492 e. The predicted octanol–water partition coefficient (Wildman–Crippen LogP) is 11.5. The van der Waals surface area contributed by atoms with Crippen LogP contribution in [0.4, 0.5) is 0 Å². The molecule has 4 heteroatoms. The van der Waals surface area contributed by atoms with E-state index < -0.39 is 0 Å². The third-order valence-corrected chi connectivity index (χ3v) is 9.85. The van der Waals surface area contributed by atoms with Crippen LogP contribution in [0.2, 0.25) is 0 Å². The monoisotopic (exact) mass is 582 g/mol. The van der Waals surface area contributed by atoms with E-state index in [4.69, 9.17) is 9.47 Å². The van der Waals surface area contributed by atoms with Gasteiger partial charge in [0, 0.05) is 21.5 Å². The molecular formula is C36H54O2S2. The van der Waals surface area contributed by atoms with Gasteiger partial charge in [-0.05, 0) is 79.6 Å². The number of hydrogen-bond donors (Lipinski definition) is 0. The summed E-state index contributed by atoms with van der Waals surface area (Å²) in [6.07, 6.45) is 16.5. The van der Waals surface area contributed by atoms with Crippen LogP contribution in [0.5, 0.6) is 11.5 Å². The van der Waals surface area contributed by atoms with Crippen molar-refractivity contribution in [3.05, 3.63) is 48.0 Å². The first-order valence-corrected chi connectivity index (χ1v) is 18.5. The molecule has 0 bridgehead atoms. The molecule has 0 aliphatic heterocycles. The second-order valence-electron chi connectivity index (χ2n) is 10.9. The zero-order valence-electron chi connectivity index (χ0n) is 25.6. The lowest BCUT2D eigenvalue weighted by atomic mass is 9.98. The van der Waals surface area contributed by atoms with E-state index in [-0.39, 0.29) is 0 Å². The first-order valence-electron chi connectivity index (χ1n) is 16.2. The minimum atomic E-state index is 0.765. The average Bonchev–Trinajstić information content (AvgIpc) is 2.99. The molecule has 0 saturated carbocycles. The van der Waals surface area contributed by atoms with Crippen molar-refractivity contribution in [3.63, 3.8) is 0 Å². The van der Waals surface area contributed by atoms with Crippen LogP contribution in [0.15, 0.2) is 42.5 Å². The molecule has 0 aliphatic rings. The van der Waals surface area contributed by atoms with Crippen LogP contribution in [-0.2, 0) is 6.42 Å². The van der Waals surface area contributed by atoms with E-state index in [0.29, 0.717) is 0 Å². The van der Waals surface area contributed by atoms with Gasteiger partial charge in [-0.2, -0.15) is 23.5 Å². The average molecular weight is 583 g/mol. The number of fused-ring (bicyclic) bond motifs is 2. The van der Waals surface area contributed by atoms with Gasteiger partial charge in [-0.25, -0.2) is 0 Å². The molecule has 0 fully saturated rings. The van der Waals surface area contributed by atoms with Crippen LogP contribution in [0.3, 0.4) is 0 Å². The van der Waals surface area contributed by atoms with Gasteiger partial charge in [0.05, 0.1) is 13.2 Å². The summed E-state index contributed by atoms with van der Waals surface area (Å²) in [6, 6.07) is 15.5. The number of hydrogen-bond acceptors (Lipinski definition) is 4. The third-order valence-electron chi connectivity index (χ3n) is 7.54. The number of aryl methyl sites for hydroxylation is 1. The summed E-state index contributed by atoms with van der Waals surface area (Å²) < 4.78 is 13.1. The maximum Gasteiger partial charge on any atom is 0.135 e. The second kappa shape index (κ2) is 20.4. The zero-order chi connectivity index (χ0) is 28.3. The van der Waals surface area contributed by atoms with Gasteiger partial charge < -0.3 is 9.47 Å². The highest BCUT2D eigenvalue weighted by molar-refractivity contribution is 7.99. The Bertz CT molecular complexity index is 1100. The van der Waals surface area contributed by atoms with E-state index in [2.05, 4.69) is 86.8 Å². The number of thioether (sulfide) groups is 2. The molecule has 0 radical (unpaired) electrons. The normalized spacial score (nSPS) is 11.5. The van der Waals surface area contributed by atoms with Gasteiger partial charge >= 0.3 is 0 Å². The third kappa shape index (κ3) is 11.0. The first-order chi connectivity index (χ1) is 19.8. The smallest absolute Gasteiger partial charge is 0.135 e. The highest BCUT2D eigenvalue weighted by Gasteiger charge is 2.16. The van der Waals surface area contributed by atoms with Crippen molar-refractivity contribution in [1.82, 2.24) is 0 Å². The molecule has 3 rings (SSSR count). The number of ether oxygens (including phenoxy) is 2. The van der Waals surface area contributed by atoms with Gasteiger partial charge in [0.25, 0.3) is 0 Å². The lowest BCUT2D eigenvalue weighted by Gasteiger charge is -2.18. The summed E-state index contributed by atoms with van der Waals surface area (Å²) in [6.45, 7) is 8.31. The van der Waals surface area contributed by atoms with Crippen molar-refractivity contribution < 1.29 is 9.47 Å². The molecule has 40 heavy (non-hydrogen) atoms. The molecule has 0 saturated heterocycles. The lowest BCUT2D eigenvalue weighted by Crippen LogP contribution is -2.03. The van der Waals surface area contributed by atoms with Gasteiger partial charge in [-0.15, -0.1) is 0 Å². The van der Waals surface area contributed by atoms with E-state index in [1.54, 1.807) is 0 Å². The Kier molecular flexibility index (Phi) is 16.8. The lowest BCUT2D eigenvalue weighted by molar-refractivity contribution is 0.312. The Hall–Kier alpha value is -1.52. The molecular weight excluding hydrogens is 529 g/mol. The van der Waals surface area contributed by atoms with Gasteiger partial charge in [0.15, 0.2) is 0 Å². The quantitative estimate of drug-likeness (QED) is 0.0817. The van der Waals surface area contributed by atoms with Crippen LogP contribution in [-0.4, -0.2) is 36.2 Å². The fourth-order valence-electron chi connectivity index (χ4n) is 5.10. The maximum atomic E-state index is 6.58. The molecule has 0 aliphatic carbocycles. The number of unbranched alkanes of at least 4 members (excludes halogenated alkanes) is 8. The van der Waals surface area contributed by atoms with Gasteiger partial charge in [0.2, 0.25) is 0 Å². The molecule has 0 N–H and O–H groups in total. The SMILES string of the molecule is CCCCCCSCCCCOc1c2ccccc2c(OCCCCSCCCCCC)c2cc(CC)ccc12. The largest absolute Gasteiger partial charge is 0.492 e. The molecule has 0 atom stereocenters. The summed E-state index contributed by atoms with van der Waals surface area (Å²) in [4.78, 5) is 0. The van der Waals surface area contributed by atoms with Crippen molar-refractivity contribution in [2.24, 2.45) is 0 Å². The van der Waals surface area contributed by atoms with Crippen molar-refractivity contribution in [2.45, 2.75) is 104 Å². The molecule has 222 valence electrons. The fraction of sp³-hybridized carbons (Fsp3) is 0.611. The number of rotatable bonds is 23. The van der Waals surface area contributed by atoms with E-state index in [0.717, 1.165) is 44.0 Å². The fourth-order valence-corrected chi connectivity index (χ4v) is 7.15. The Morgan fingerprint density at radius 1 is 0.500 bits per heavy atom. The van der Waals surface area contributed by atoms with Crippen molar-refractivity contribution in [2.75, 3.05) is 36.2 Å². The van der Waals surface area contributed by atoms with E-state index in [1.807, 2.05) is 0 Å². The van der Waals surface area contributed by atoms with Gasteiger partial charge in [-0.3, -0.25) is 0 Å². The highest BCUT2D eigenvalue weighted by atomic mass is 32.2. The van der Waals surface area contributed by atoms with Crippen LogP contribution in [0.25, 0.3) is 21.5 Å². The van der Waals surface area contributed by atoms with Crippen molar-refractivity contribution >= 4 is 45.1 Å². The molecule has 0 unspecified atom stereocenters. The summed E-state index contributed by atoms with van der Waals surface area (Å²) >= 11 is 4.21. The molecule has 0 spiro atoms. The van der Waals surface area contributed by atoms with Crippen LogP contribution < -0.4 is 9.47 Å². The van der Waals surface area contributed by atoms with Crippen molar-refractivity contribution in [3.8, 4) is 11.5 Å². The molecule has 3 aromatic rings. The maximum absolute atomic E-state index is 6.58. The molecule has 3 aromatic carbocycles. The van der Waals surface area contributed by atoms with Crippen molar-refractivity contribution in [1.29, 1.82) is 0 Å². The van der Waals surface area contributed by atoms with Gasteiger partial charge in [0.1, 0.15) is 11.5 Å². The Morgan fingerprint density at radius 2 is 0.975 bits per heavy atom. The predicted molar refractivity (Wildman–Crippen MR) is 183 cm³/mol. The van der Waals surface area contributed by atoms with Crippen LogP contribution in [0.1, 0.15) is 103 Å².